The van der Waals surface area contributed by atoms with Gasteiger partial charge in [0, 0.05) is 12.5 Å². The Balaban J connectivity index is 1.40. The largest absolute Gasteiger partial charge is 0.381 e. The number of hydrogen-bond donors (Lipinski definition) is 0. The number of ether oxygens (including phenoxy) is 1. The highest BCUT2D eigenvalue weighted by Gasteiger charge is 2.77. The molecule has 0 aromatic carbocycles. The van der Waals surface area contributed by atoms with Crippen molar-refractivity contribution in [2.24, 2.45) is 57.7 Å². The third-order valence-electron chi connectivity index (χ3n) is 11.9. The van der Waals surface area contributed by atoms with Gasteiger partial charge in [-0.3, -0.25) is 0 Å². The molecule has 5 fully saturated rings. The zero-order chi connectivity index (χ0) is 20.6. The summed E-state index contributed by atoms with van der Waals surface area (Å²) in [5.74, 6) is 6.18. The van der Waals surface area contributed by atoms with E-state index in [-0.39, 0.29) is 0 Å². The summed E-state index contributed by atoms with van der Waals surface area (Å²) in [5.41, 5.74) is 1.70. The van der Waals surface area contributed by atoms with E-state index in [0.717, 1.165) is 41.4 Å². The highest BCUT2D eigenvalue weighted by molar-refractivity contribution is 5.26. The van der Waals surface area contributed by atoms with Crippen LogP contribution in [0.2, 0.25) is 0 Å². The van der Waals surface area contributed by atoms with Crippen LogP contribution in [0.5, 0.6) is 0 Å². The molecule has 0 N–H and O–H groups in total. The molecule has 0 amide bonds. The first-order valence-electron chi connectivity index (χ1n) is 13.0. The first-order valence-corrected chi connectivity index (χ1v) is 13.0. The van der Waals surface area contributed by atoms with E-state index in [1.54, 1.807) is 0 Å². The maximum Gasteiger partial charge on any atom is 0.0638 e. The molecule has 0 aromatic heterocycles. The average Bonchev–Trinajstić information content (AvgIpc) is 3.22. The molecule has 0 saturated heterocycles. The van der Waals surface area contributed by atoms with Gasteiger partial charge in [0.2, 0.25) is 0 Å². The zero-order valence-corrected chi connectivity index (χ0v) is 20.0. The second-order valence-electron chi connectivity index (χ2n) is 12.6. The lowest BCUT2D eigenvalue weighted by atomic mass is 9.45. The van der Waals surface area contributed by atoms with Gasteiger partial charge in [0.05, 0.1) is 6.10 Å². The Morgan fingerprint density at radius 2 is 1.79 bits per heavy atom. The molecule has 0 bridgehead atoms. The second kappa shape index (κ2) is 6.85. The average molecular weight is 399 g/mol. The van der Waals surface area contributed by atoms with Crippen LogP contribution in [0, 0.1) is 57.7 Å². The standard InChI is InChI=1S/C28H46O/c1-7-18(2)8-9-19(3)22-10-11-23-21-16-25(29-6)28-17-20(28)12-15-27(28,5)24(21)13-14-26(22,23)4/h8-9,18-25H,7,10-17H2,1-6H3/b9-8+/t18-,19+,20+,21-,22+,23-,24-,25+,26+,27+,28-/m0/s1. The van der Waals surface area contributed by atoms with Crippen molar-refractivity contribution in [2.45, 2.75) is 98.5 Å². The van der Waals surface area contributed by atoms with Crippen molar-refractivity contribution in [1.29, 1.82) is 0 Å². The molecule has 1 heteroatoms. The van der Waals surface area contributed by atoms with E-state index < -0.39 is 0 Å². The Bertz CT molecular complexity index is 667. The van der Waals surface area contributed by atoms with Gasteiger partial charge in [-0.15, -0.1) is 0 Å². The summed E-state index contributed by atoms with van der Waals surface area (Å²) in [6, 6.07) is 0. The predicted molar refractivity (Wildman–Crippen MR) is 122 cm³/mol. The zero-order valence-electron chi connectivity index (χ0n) is 20.0. The molecule has 0 unspecified atom stereocenters. The normalized spacial score (nSPS) is 55.1. The molecule has 1 spiro atoms. The first kappa shape index (κ1) is 20.6. The van der Waals surface area contributed by atoms with Crippen molar-refractivity contribution in [3.63, 3.8) is 0 Å². The van der Waals surface area contributed by atoms with Crippen LogP contribution in [0.3, 0.4) is 0 Å². The molecule has 0 heterocycles. The lowest BCUT2D eigenvalue weighted by Gasteiger charge is -2.61. The van der Waals surface area contributed by atoms with E-state index in [4.69, 9.17) is 4.74 Å². The van der Waals surface area contributed by atoms with Crippen molar-refractivity contribution < 1.29 is 4.74 Å². The van der Waals surface area contributed by atoms with E-state index in [0.29, 0.717) is 22.3 Å². The quantitative estimate of drug-likeness (QED) is 0.435. The molecule has 0 aliphatic heterocycles. The van der Waals surface area contributed by atoms with Crippen LogP contribution in [0.25, 0.3) is 0 Å². The van der Waals surface area contributed by atoms with Gasteiger partial charge in [-0.2, -0.15) is 0 Å². The molecule has 11 atom stereocenters. The summed E-state index contributed by atoms with van der Waals surface area (Å²) in [5, 5.41) is 0. The predicted octanol–water partition coefficient (Wildman–Crippen LogP) is 7.51. The van der Waals surface area contributed by atoms with E-state index in [1.165, 1.54) is 57.8 Å². The van der Waals surface area contributed by atoms with Crippen LogP contribution in [0.15, 0.2) is 12.2 Å². The molecule has 1 nitrogen and oxygen atoms in total. The molecule has 5 aliphatic carbocycles. The molecular weight excluding hydrogens is 352 g/mol. The summed E-state index contributed by atoms with van der Waals surface area (Å²) < 4.78 is 6.29. The SMILES string of the molecule is CC[C@H](C)/C=C/[C@@H](C)[C@H]1CC[C@H]2[C@@H]3C[C@@H](OC)[C@]45C[C@H]4CC[C@]5(C)[C@H]3CC[C@]12C. The molecule has 29 heavy (non-hydrogen) atoms. The third kappa shape index (κ3) is 2.61. The topological polar surface area (TPSA) is 9.23 Å². The first-order chi connectivity index (χ1) is 13.8. The fraction of sp³-hybridized carbons (Fsp3) is 0.929. The van der Waals surface area contributed by atoms with Gasteiger partial charge in [-0.1, -0.05) is 53.2 Å². The third-order valence-corrected chi connectivity index (χ3v) is 11.9. The van der Waals surface area contributed by atoms with Crippen LogP contribution in [-0.2, 0) is 4.74 Å². The van der Waals surface area contributed by atoms with Gasteiger partial charge >= 0.3 is 0 Å². The van der Waals surface area contributed by atoms with E-state index in [2.05, 4.69) is 46.8 Å². The van der Waals surface area contributed by atoms with Crippen LogP contribution < -0.4 is 0 Å². The highest BCUT2D eigenvalue weighted by atomic mass is 16.5. The minimum Gasteiger partial charge on any atom is -0.381 e. The van der Waals surface area contributed by atoms with E-state index in [1.807, 2.05) is 7.11 Å². The minimum atomic E-state index is 0.547. The van der Waals surface area contributed by atoms with Crippen molar-refractivity contribution in [1.82, 2.24) is 0 Å². The molecule has 164 valence electrons. The van der Waals surface area contributed by atoms with E-state index in [9.17, 15) is 0 Å². The highest BCUT2D eigenvalue weighted by Crippen LogP contribution is 2.82. The van der Waals surface area contributed by atoms with Crippen molar-refractivity contribution in [2.75, 3.05) is 7.11 Å². The lowest BCUT2D eigenvalue weighted by molar-refractivity contribution is -0.160. The lowest BCUT2D eigenvalue weighted by Crippen LogP contribution is -2.57. The van der Waals surface area contributed by atoms with Gasteiger partial charge in [-0.05, 0) is 104 Å². The van der Waals surface area contributed by atoms with Crippen LogP contribution in [-0.4, -0.2) is 13.2 Å². The number of methoxy groups -OCH3 is 1. The Kier molecular flexibility index (Phi) is 4.86. The maximum atomic E-state index is 6.29. The van der Waals surface area contributed by atoms with Gasteiger partial charge in [0.15, 0.2) is 0 Å². The van der Waals surface area contributed by atoms with Gasteiger partial charge in [0.1, 0.15) is 0 Å². The molecule has 0 aromatic rings. The van der Waals surface area contributed by atoms with Gasteiger partial charge in [0.25, 0.3) is 0 Å². The molecular formula is C28H46O. The molecule has 5 rings (SSSR count). The number of rotatable bonds is 5. The number of allylic oxidation sites excluding steroid dienone is 2. The van der Waals surface area contributed by atoms with Crippen molar-refractivity contribution >= 4 is 0 Å². The Morgan fingerprint density at radius 1 is 1.00 bits per heavy atom. The number of hydrogen-bond acceptors (Lipinski definition) is 1. The Morgan fingerprint density at radius 3 is 2.48 bits per heavy atom. The summed E-state index contributed by atoms with van der Waals surface area (Å²) in [7, 11) is 2.02. The van der Waals surface area contributed by atoms with Gasteiger partial charge < -0.3 is 4.74 Å². The minimum absolute atomic E-state index is 0.547. The smallest absolute Gasteiger partial charge is 0.0638 e. The fourth-order valence-electron chi connectivity index (χ4n) is 10.1. The summed E-state index contributed by atoms with van der Waals surface area (Å²) in [4.78, 5) is 0. The molecule has 0 radical (unpaired) electrons. The number of fused-ring (bicyclic) bond motifs is 4. The summed E-state index contributed by atoms with van der Waals surface area (Å²) in [6.07, 6.45) is 18.6. The Labute approximate surface area is 180 Å². The second-order valence-corrected chi connectivity index (χ2v) is 12.6. The van der Waals surface area contributed by atoms with Crippen LogP contribution in [0.1, 0.15) is 92.4 Å². The van der Waals surface area contributed by atoms with E-state index >= 15 is 0 Å². The van der Waals surface area contributed by atoms with Gasteiger partial charge in [-0.25, -0.2) is 0 Å². The van der Waals surface area contributed by atoms with Crippen molar-refractivity contribution in [3.8, 4) is 0 Å². The summed E-state index contributed by atoms with van der Waals surface area (Å²) in [6.45, 7) is 12.6. The van der Waals surface area contributed by atoms with Crippen LogP contribution >= 0.6 is 0 Å². The molecule has 5 saturated carbocycles. The fourth-order valence-corrected chi connectivity index (χ4v) is 10.1. The van der Waals surface area contributed by atoms with Crippen molar-refractivity contribution in [3.05, 3.63) is 12.2 Å². The monoisotopic (exact) mass is 398 g/mol. The van der Waals surface area contributed by atoms with Crippen LogP contribution in [0.4, 0.5) is 0 Å². The summed E-state index contributed by atoms with van der Waals surface area (Å²) >= 11 is 0. The maximum absolute atomic E-state index is 6.29. The Hall–Kier alpha value is -0.300. The molecule has 5 aliphatic rings.